The summed E-state index contributed by atoms with van der Waals surface area (Å²) in [7, 11) is -1.26. The Bertz CT molecular complexity index is 1150. The summed E-state index contributed by atoms with van der Waals surface area (Å²) in [6.07, 6.45) is 4.63. The van der Waals surface area contributed by atoms with Crippen molar-refractivity contribution in [2.45, 2.75) is 30.4 Å². The van der Waals surface area contributed by atoms with Crippen molar-refractivity contribution >= 4 is 11.0 Å². The summed E-state index contributed by atoms with van der Waals surface area (Å²) in [4.78, 5) is 5.01. The molecule has 2 aliphatic heterocycles. The van der Waals surface area contributed by atoms with E-state index in [1.54, 1.807) is 12.1 Å². The molecule has 6 bridgehead atoms. The number of rotatable bonds is 0. The molecule has 3 heterocycles. The topological polar surface area (TPSA) is 83.2 Å². The molecular formula is C22H21N5O2S. The quantitative estimate of drug-likeness (QED) is 0.606. The van der Waals surface area contributed by atoms with Crippen LogP contribution in [0.1, 0.15) is 23.2 Å². The second-order valence-electron chi connectivity index (χ2n) is 7.54. The molecule has 0 saturated carbocycles. The summed E-state index contributed by atoms with van der Waals surface area (Å²) < 4.78 is 23.3. The molecule has 0 spiro atoms. The Morgan fingerprint density at radius 1 is 1.27 bits per heavy atom. The van der Waals surface area contributed by atoms with E-state index in [0.29, 0.717) is 35.0 Å². The highest BCUT2D eigenvalue weighted by Gasteiger charge is 2.27. The summed E-state index contributed by atoms with van der Waals surface area (Å²) in [5.41, 5.74) is 2.56. The minimum atomic E-state index is -1.26. The number of hydrogen-bond donors (Lipinski definition) is 1. The number of ether oxygens (including phenoxy) is 1. The van der Waals surface area contributed by atoms with E-state index in [2.05, 4.69) is 20.9 Å². The average molecular weight is 420 g/mol. The summed E-state index contributed by atoms with van der Waals surface area (Å²) in [5, 5.41) is 13.1. The van der Waals surface area contributed by atoms with Gasteiger partial charge in [-0.2, -0.15) is 5.26 Å². The molecule has 1 N–H and O–H groups in total. The van der Waals surface area contributed by atoms with Gasteiger partial charge in [-0.3, -0.25) is 0 Å². The van der Waals surface area contributed by atoms with Crippen LogP contribution < -0.4 is 10.1 Å². The van der Waals surface area contributed by atoms with Crippen molar-refractivity contribution in [3.63, 3.8) is 0 Å². The molecule has 3 atom stereocenters. The van der Waals surface area contributed by atoms with E-state index in [9.17, 15) is 9.47 Å². The highest BCUT2D eigenvalue weighted by molar-refractivity contribution is 7.82. The number of aromatic nitrogens is 2. The van der Waals surface area contributed by atoms with Crippen LogP contribution in [0.2, 0.25) is 0 Å². The third-order valence-corrected chi connectivity index (χ3v) is 6.97. The molecule has 0 amide bonds. The molecule has 7 nitrogen and oxygen atoms in total. The van der Waals surface area contributed by atoms with Crippen molar-refractivity contribution in [2.75, 3.05) is 13.1 Å². The van der Waals surface area contributed by atoms with Crippen molar-refractivity contribution in [1.29, 1.82) is 5.26 Å². The first-order valence-electron chi connectivity index (χ1n) is 9.90. The van der Waals surface area contributed by atoms with Crippen molar-refractivity contribution in [2.24, 2.45) is 0 Å². The molecule has 0 radical (unpaired) electrons. The highest BCUT2D eigenvalue weighted by Crippen LogP contribution is 2.29. The van der Waals surface area contributed by atoms with Crippen LogP contribution >= 0.6 is 0 Å². The first-order valence-corrected chi connectivity index (χ1v) is 11.0. The lowest BCUT2D eigenvalue weighted by atomic mass is 10.1. The normalized spacial score (nSPS) is 23.2. The van der Waals surface area contributed by atoms with Crippen LogP contribution in [0.4, 0.5) is 0 Å². The number of hydrogen-bond acceptors (Lipinski definition) is 5. The molecule has 30 heavy (non-hydrogen) atoms. The van der Waals surface area contributed by atoms with Crippen LogP contribution in [0.15, 0.2) is 59.9 Å². The first kappa shape index (κ1) is 19.0. The van der Waals surface area contributed by atoms with E-state index in [4.69, 9.17) is 4.74 Å². The SMILES string of the molecule is N#Cc1ccc2cc1Oc1cccc(c1)S(=O)N1CC[C@@H](C1)NCc1cncn1C2. The van der Waals surface area contributed by atoms with E-state index in [0.717, 1.165) is 30.8 Å². The van der Waals surface area contributed by atoms with E-state index < -0.39 is 11.0 Å². The Hall–Kier alpha value is -2.99. The lowest BCUT2D eigenvalue weighted by Crippen LogP contribution is -2.33. The van der Waals surface area contributed by atoms with Gasteiger partial charge >= 0.3 is 0 Å². The molecule has 2 aromatic carbocycles. The van der Waals surface area contributed by atoms with Crippen molar-refractivity contribution in [1.82, 2.24) is 19.2 Å². The van der Waals surface area contributed by atoms with Crippen LogP contribution in [-0.2, 0) is 24.1 Å². The molecule has 2 aliphatic rings. The van der Waals surface area contributed by atoms with Gasteiger partial charge in [-0.15, -0.1) is 0 Å². The van der Waals surface area contributed by atoms with Crippen LogP contribution in [0, 0.1) is 11.3 Å². The third-order valence-electron chi connectivity index (χ3n) is 5.51. The number of benzene rings is 2. The van der Waals surface area contributed by atoms with Gasteiger partial charge in [0.05, 0.1) is 22.5 Å². The van der Waals surface area contributed by atoms with Crippen molar-refractivity contribution in [3.05, 3.63) is 71.8 Å². The number of nitrogens with zero attached hydrogens (tertiary/aromatic N) is 4. The number of fused-ring (bicyclic) bond motifs is 7. The van der Waals surface area contributed by atoms with Crippen molar-refractivity contribution < 1.29 is 8.95 Å². The predicted octanol–water partition coefficient (Wildman–Crippen LogP) is 2.80. The smallest absolute Gasteiger partial charge is 0.145 e. The van der Waals surface area contributed by atoms with Crippen LogP contribution in [-0.4, -0.2) is 37.2 Å². The standard InChI is InChI=1S/C22H21N5O2S/c23-10-17-5-4-16-8-22(17)29-20-2-1-3-21(9-20)30(28)27-7-6-18(14-27)25-12-19-11-24-15-26(19)13-16/h1-5,8-9,11,15,18,25H,6-7,12-14H2/t18-,30?/m0/s1. The summed E-state index contributed by atoms with van der Waals surface area (Å²) in [6.45, 7) is 2.83. The van der Waals surface area contributed by atoms with Gasteiger partial charge in [-0.05, 0) is 42.3 Å². The maximum absolute atomic E-state index is 13.1. The predicted molar refractivity (Wildman–Crippen MR) is 112 cm³/mol. The zero-order chi connectivity index (χ0) is 20.5. The van der Waals surface area contributed by atoms with Crippen LogP contribution in [0.3, 0.4) is 0 Å². The van der Waals surface area contributed by atoms with E-state index in [1.165, 1.54) is 0 Å². The maximum atomic E-state index is 13.1. The molecule has 1 fully saturated rings. The van der Waals surface area contributed by atoms with Crippen LogP contribution in [0.25, 0.3) is 0 Å². The Morgan fingerprint density at radius 3 is 3.10 bits per heavy atom. The van der Waals surface area contributed by atoms with Gasteiger partial charge in [0.15, 0.2) is 0 Å². The van der Waals surface area contributed by atoms with E-state index >= 15 is 0 Å². The first-order chi connectivity index (χ1) is 14.7. The van der Waals surface area contributed by atoms with E-state index in [-0.39, 0.29) is 6.04 Å². The Kier molecular flexibility index (Phi) is 5.09. The minimum absolute atomic E-state index is 0.283. The molecular weight excluding hydrogens is 398 g/mol. The third kappa shape index (κ3) is 3.75. The summed E-state index contributed by atoms with van der Waals surface area (Å²) in [5.74, 6) is 1.06. The fourth-order valence-electron chi connectivity index (χ4n) is 3.89. The fraction of sp³-hybridized carbons (Fsp3) is 0.273. The highest BCUT2D eigenvalue weighted by atomic mass is 32.2. The lowest BCUT2D eigenvalue weighted by molar-refractivity contribution is 0.474. The number of imidazole rings is 1. The molecule has 0 aliphatic carbocycles. The van der Waals surface area contributed by atoms with Gasteiger partial charge < -0.3 is 14.6 Å². The van der Waals surface area contributed by atoms with E-state index in [1.807, 2.05) is 47.2 Å². The minimum Gasteiger partial charge on any atom is -0.456 e. The Morgan fingerprint density at radius 2 is 2.20 bits per heavy atom. The van der Waals surface area contributed by atoms with Gasteiger partial charge in [0.25, 0.3) is 0 Å². The summed E-state index contributed by atoms with van der Waals surface area (Å²) >= 11 is 0. The number of nitrogens with one attached hydrogen (secondary N) is 1. The fourth-order valence-corrected chi connectivity index (χ4v) is 5.19. The van der Waals surface area contributed by atoms with Crippen LogP contribution in [0.5, 0.6) is 11.5 Å². The molecule has 1 saturated heterocycles. The Labute approximate surface area is 177 Å². The number of nitriles is 1. The molecule has 2 unspecified atom stereocenters. The molecule has 1 aromatic heterocycles. The van der Waals surface area contributed by atoms with Crippen molar-refractivity contribution in [3.8, 4) is 17.6 Å². The average Bonchev–Trinajstić information content (AvgIpc) is 3.41. The van der Waals surface area contributed by atoms with Gasteiger partial charge in [-0.25, -0.2) is 13.5 Å². The largest absolute Gasteiger partial charge is 0.456 e. The molecule has 8 heteroatoms. The maximum Gasteiger partial charge on any atom is 0.145 e. The monoisotopic (exact) mass is 419 g/mol. The lowest BCUT2D eigenvalue weighted by Gasteiger charge is -2.18. The molecule has 5 rings (SSSR count). The summed E-state index contributed by atoms with van der Waals surface area (Å²) in [6, 6.07) is 15.4. The molecule has 152 valence electrons. The second kappa shape index (κ2) is 8.03. The Balaban J connectivity index is 1.57. The van der Waals surface area contributed by atoms with Gasteiger partial charge in [0.2, 0.25) is 0 Å². The van der Waals surface area contributed by atoms with Gasteiger partial charge in [0, 0.05) is 38.4 Å². The zero-order valence-corrected chi connectivity index (χ0v) is 17.1. The molecule has 3 aromatic rings. The zero-order valence-electron chi connectivity index (χ0n) is 16.3. The van der Waals surface area contributed by atoms with Gasteiger partial charge in [-0.1, -0.05) is 12.1 Å². The van der Waals surface area contributed by atoms with Gasteiger partial charge in [0.1, 0.15) is 28.6 Å². The second-order valence-corrected chi connectivity index (χ2v) is 9.02.